The Hall–Kier alpha value is -2.63. The van der Waals surface area contributed by atoms with E-state index in [0.29, 0.717) is 19.3 Å². The van der Waals surface area contributed by atoms with E-state index in [2.05, 4.69) is 69.4 Å². The van der Waals surface area contributed by atoms with Crippen LogP contribution in [0.5, 0.6) is 0 Å². The summed E-state index contributed by atoms with van der Waals surface area (Å²) in [5, 5.41) is 0. The lowest BCUT2D eigenvalue weighted by atomic mass is 10.0. The summed E-state index contributed by atoms with van der Waals surface area (Å²) in [5.74, 6) is -0.952. The van der Waals surface area contributed by atoms with Gasteiger partial charge in [-0.3, -0.25) is 14.4 Å². The molecule has 0 amide bonds. The second-order valence-electron chi connectivity index (χ2n) is 16.4. The van der Waals surface area contributed by atoms with Crippen LogP contribution in [0.2, 0.25) is 0 Å². The summed E-state index contributed by atoms with van der Waals surface area (Å²) in [5.41, 5.74) is 0. The van der Waals surface area contributed by atoms with Gasteiger partial charge >= 0.3 is 17.9 Å². The van der Waals surface area contributed by atoms with Crippen LogP contribution in [0.1, 0.15) is 245 Å². The van der Waals surface area contributed by atoms with E-state index in [0.717, 1.165) is 64.2 Å². The van der Waals surface area contributed by atoms with Gasteiger partial charge in [-0.1, -0.05) is 204 Å². The molecule has 0 aromatic rings. The summed E-state index contributed by atoms with van der Waals surface area (Å²) in [7, 11) is 0. The number of ether oxygens (including phenoxy) is 3. The maximum atomic E-state index is 12.7. The van der Waals surface area contributed by atoms with E-state index in [9.17, 15) is 14.4 Å². The molecule has 0 aliphatic carbocycles. The van der Waals surface area contributed by atoms with E-state index in [-0.39, 0.29) is 37.5 Å². The van der Waals surface area contributed by atoms with Crippen LogP contribution in [0.25, 0.3) is 0 Å². The summed E-state index contributed by atoms with van der Waals surface area (Å²) >= 11 is 0. The smallest absolute Gasteiger partial charge is 0.306 e. The molecule has 0 spiro atoms. The Labute approximate surface area is 358 Å². The molecule has 0 aromatic carbocycles. The van der Waals surface area contributed by atoms with Crippen LogP contribution in [-0.2, 0) is 28.6 Å². The van der Waals surface area contributed by atoms with Gasteiger partial charge in [-0.2, -0.15) is 0 Å². The lowest BCUT2D eigenvalue weighted by Crippen LogP contribution is -2.30. The van der Waals surface area contributed by atoms with E-state index in [1.165, 1.54) is 135 Å². The molecule has 0 bridgehead atoms. The van der Waals surface area contributed by atoms with Crippen LogP contribution in [0, 0.1) is 0 Å². The Kier molecular flexibility index (Phi) is 44.9. The Morgan fingerprint density at radius 1 is 0.345 bits per heavy atom. The van der Waals surface area contributed by atoms with Crippen molar-refractivity contribution in [1.29, 1.82) is 0 Å². The van der Waals surface area contributed by atoms with Crippen molar-refractivity contribution in [2.24, 2.45) is 0 Å². The molecule has 0 aromatic heterocycles. The first-order chi connectivity index (χ1) is 28.5. The highest BCUT2D eigenvalue weighted by Crippen LogP contribution is 2.14. The predicted molar refractivity (Wildman–Crippen MR) is 247 cm³/mol. The topological polar surface area (TPSA) is 78.9 Å². The molecule has 0 aliphatic heterocycles. The Bertz CT molecular complexity index is 1030. The Balaban J connectivity index is 4.43. The third kappa shape index (κ3) is 44.5. The molecular formula is C52H92O6. The molecular weight excluding hydrogens is 721 g/mol. The van der Waals surface area contributed by atoms with E-state index in [1.807, 2.05) is 0 Å². The zero-order valence-electron chi connectivity index (χ0n) is 38.3. The van der Waals surface area contributed by atoms with Crippen LogP contribution >= 0.6 is 0 Å². The first kappa shape index (κ1) is 55.4. The molecule has 0 aliphatic rings. The van der Waals surface area contributed by atoms with E-state index < -0.39 is 6.10 Å². The van der Waals surface area contributed by atoms with Gasteiger partial charge in [0.05, 0.1) is 0 Å². The number of carbonyl (C=O) groups is 3. The minimum absolute atomic E-state index is 0.0914. The van der Waals surface area contributed by atoms with Crippen molar-refractivity contribution in [2.75, 3.05) is 13.2 Å². The second kappa shape index (κ2) is 47.1. The van der Waals surface area contributed by atoms with E-state index >= 15 is 0 Å². The van der Waals surface area contributed by atoms with Gasteiger partial charge in [-0.25, -0.2) is 0 Å². The molecule has 0 N–H and O–H groups in total. The third-order valence-electron chi connectivity index (χ3n) is 10.6. The fourth-order valence-corrected chi connectivity index (χ4v) is 6.79. The number of unbranched alkanes of at least 4 members (excludes halogenated alkanes) is 25. The minimum atomic E-state index is -0.791. The van der Waals surface area contributed by atoms with Crippen molar-refractivity contribution < 1.29 is 28.6 Å². The highest BCUT2D eigenvalue weighted by molar-refractivity contribution is 5.71. The average Bonchev–Trinajstić information content (AvgIpc) is 3.22. The van der Waals surface area contributed by atoms with Crippen LogP contribution < -0.4 is 0 Å². The van der Waals surface area contributed by atoms with Crippen LogP contribution in [0.15, 0.2) is 48.6 Å². The van der Waals surface area contributed by atoms with Crippen molar-refractivity contribution in [2.45, 2.75) is 252 Å². The highest BCUT2D eigenvalue weighted by Gasteiger charge is 2.19. The third-order valence-corrected chi connectivity index (χ3v) is 10.6. The molecule has 0 heterocycles. The number of rotatable bonds is 44. The van der Waals surface area contributed by atoms with Gasteiger partial charge in [0, 0.05) is 19.3 Å². The molecule has 336 valence electrons. The fraction of sp³-hybridized carbons (Fsp3) is 0.788. The number of carbonyl (C=O) groups excluding carboxylic acids is 3. The number of allylic oxidation sites excluding steroid dienone is 8. The zero-order chi connectivity index (χ0) is 42.3. The lowest BCUT2D eigenvalue weighted by molar-refractivity contribution is -0.167. The maximum absolute atomic E-state index is 12.7. The van der Waals surface area contributed by atoms with Crippen molar-refractivity contribution in [3.63, 3.8) is 0 Å². The largest absolute Gasteiger partial charge is 0.462 e. The molecule has 0 radical (unpaired) electrons. The van der Waals surface area contributed by atoms with Crippen molar-refractivity contribution in [3.8, 4) is 0 Å². The van der Waals surface area contributed by atoms with Gasteiger partial charge in [0.15, 0.2) is 6.10 Å². The van der Waals surface area contributed by atoms with E-state index in [1.54, 1.807) is 0 Å². The van der Waals surface area contributed by atoms with Gasteiger partial charge in [0.2, 0.25) is 0 Å². The van der Waals surface area contributed by atoms with Crippen molar-refractivity contribution in [3.05, 3.63) is 48.6 Å². The van der Waals surface area contributed by atoms with Crippen molar-refractivity contribution >= 4 is 17.9 Å². The molecule has 0 rings (SSSR count). The monoisotopic (exact) mass is 813 g/mol. The predicted octanol–water partition coefficient (Wildman–Crippen LogP) is 15.9. The quantitative estimate of drug-likeness (QED) is 0.0264. The Morgan fingerprint density at radius 2 is 0.655 bits per heavy atom. The molecule has 6 nitrogen and oxygen atoms in total. The van der Waals surface area contributed by atoms with Crippen LogP contribution in [-0.4, -0.2) is 37.2 Å². The molecule has 0 saturated carbocycles. The van der Waals surface area contributed by atoms with Crippen LogP contribution in [0.4, 0.5) is 0 Å². The summed E-state index contributed by atoms with van der Waals surface area (Å²) < 4.78 is 16.7. The summed E-state index contributed by atoms with van der Waals surface area (Å²) in [6.07, 6.45) is 55.3. The van der Waals surface area contributed by atoms with Gasteiger partial charge in [-0.15, -0.1) is 0 Å². The summed E-state index contributed by atoms with van der Waals surface area (Å²) in [6.45, 7) is 6.54. The SMILES string of the molecule is CCCC/C=C\CCCCCCCC(=O)OC[C@@H](COC(=O)CCC/C=C\C/C=C\C/C=C\CCCCCCCC)OC(=O)CCCCCCCCCCCCCC. The standard InChI is InChI=1S/C52H92O6/c1-4-7-10-13-16-19-22-24-25-26-27-28-31-33-36-39-42-45-51(54)57-48-49(47-56-50(53)44-41-38-35-32-29-21-18-15-12-9-6-3)58-52(55)46-43-40-37-34-30-23-20-17-14-11-8-5-2/h15,18,24-25,27-28,33,36,49H,4-14,16-17,19-23,26,29-32,34-35,37-48H2,1-3H3/b18-15-,25-24-,28-27-,36-33-/t49-/m0/s1. The number of hydrogen-bond donors (Lipinski definition) is 0. The van der Waals surface area contributed by atoms with Gasteiger partial charge in [-0.05, 0) is 70.6 Å². The highest BCUT2D eigenvalue weighted by atomic mass is 16.6. The zero-order valence-corrected chi connectivity index (χ0v) is 38.3. The molecule has 0 fully saturated rings. The maximum Gasteiger partial charge on any atom is 0.306 e. The fourth-order valence-electron chi connectivity index (χ4n) is 6.79. The first-order valence-corrected chi connectivity index (χ1v) is 24.6. The average molecular weight is 813 g/mol. The molecule has 6 heteroatoms. The second-order valence-corrected chi connectivity index (χ2v) is 16.4. The molecule has 0 unspecified atom stereocenters. The normalized spacial score (nSPS) is 12.4. The number of esters is 3. The van der Waals surface area contributed by atoms with Crippen molar-refractivity contribution in [1.82, 2.24) is 0 Å². The summed E-state index contributed by atoms with van der Waals surface area (Å²) in [6, 6.07) is 0. The minimum Gasteiger partial charge on any atom is -0.462 e. The number of hydrogen-bond acceptors (Lipinski definition) is 6. The summed E-state index contributed by atoms with van der Waals surface area (Å²) in [4.78, 5) is 37.8. The lowest BCUT2D eigenvalue weighted by Gasteiger charge is -2.18. The Morgan fingerprint density at radius 3 is 1.10 bits per heavy atom. The molecule has 1 atom stereocenters. The van der Waals surface area contributed by atoms with Gasteiger partial charge < -0.3 is 14.2 Å². The van der Waals surface area contributed by atoms with Crippen LogP contribution in [0.3, 0.4) is 0 Å². The molecule has 0 saturated heterocycles. The molecule has 58 heavy (non-hydrogen) atoms. The van der Waals surface area contributed by atoms with Gasteiger partial charge in [0.25, 0.3) is 0 Å². The first-order valence-electron chi connectivity index (χ1n) is 24.6. The van der Waals surface area contributed by atoms with Gasteiger partial charge in [0.1, 0.15) is 13.2 Å². The van der Waals surface area contributed by atoms with E-state index in [4.69, 9.17) is 14.2 Å².